The van der Waals surface area contributed by atoms with Gasteiger partial charge in [-0.2, -0.15) is 0 Å². The van der Waals surface area contributed by atoms with Crippen molar-refractivity contribution in [1.82, 2.24) is 25.3 Å². The molecular weight excluding hydrogens is 214 g/mol. The van der Waals surface area contributed by atoms with Crippen LogP contribution in [0.3, 0.4) is 0 Å². The van der Waals surface area contributed by atoms with Crippen molar-refractivity contribution < 1.29 is 14.5 Å². The predicted molar refractivity (Wildman–Crippen MR) is 49.9 cm³/mol. The molecule has 0 aromatic carbocycles. The molecular formula is C8H9N5O3. The lowest BCUT2D eigenvalue weighted by molar-refractivity contribution is 0.0689. The summed E-state index contributed by atoms with van der Waals surface area (Å²) in [6.07, 6.45) is 0. The average molecular weight is 223 g/mol. The summed E-state index contributed by atoms with van der Waals surface area (Å²) < 4.78 is 5.97. The van der Waals surface area contributed by atoms with Gasteiger partial charge < -0.3 is 5.11 Å². The number of carboxylic acid groups (broad SMARTS) is 1. The SMILES string of the molecule is Cc1nonc1Cn1nnc(C(=O)O)c1C. The molecule has 2 aromatic rings. The van der Waals surface area contributed by atoms with Gasteiger partial charge in [0.2, 0.25) is 0 Å². The fourth-order valence-corrected chi connectivity index (χ4v) is 1.24. The monoisotopic (exact) mass is 223 g/mol. The van der Waals surface area contributed by atoms with E-state index in [9.17, 15) is 4.79 Å². The number of hydrogen-bond acceptors (Lipinski definition) is 6. The van der Waals surface area contributed by atoms with Gasteiger partial charge in [-0.3, -0.25) is 0 Å². The van der Waals surface area contributed by atoms with Crippen molar-refractivity contribution in [2.24, 2.45) is 0 Å². The molecule has 0 atom stereocenters. The lowest BCUT2D eigenvalue weighted by Crippen LogP contribution is -2.07. The highest BCUT2D eigenvalue weighted by molar-refractivity contribution is 5.86. The Morgan fingerprint density at radius 3 is 2.69 bits per heavy atom. The van der Waals surface area contributed by atoms with Crippen LogP contribution >= 0.6 is 0 Å². The minimum atomic E-state index is -1.10. The van der Waals surface area contributed by atoms with Crippen LogP contribution in [-0.4, -0.2) is 36.4 Å². The smallest absolute Gasteiger partial charge is 0.358 e. The first-order valence-corrected chi connectivity index (χ1v) is 4.51. The zero-order valence-electron chi connectivity index (χ0n) is 8.71. The van der Waals surface area contributed by atoms with E-state index in [1.165, 1.54) is 4.68 Å². The molecule has 84 valence electrons. The maximum Gasteiger partial charge on any atom is 0.358 e. The summed E-state index contributed by atoms with van der Waals surface area (Å²) in [6.45, 7) is 3.67. The lowest BCUT2D eigenvalue weighted by Gasteiger charge is -1.99. The third kappa shape index (κ3) is 1.64. The van der Waals surface area contributed by atoms with E-state index in [0.29, 0.717) is 23.6 Å². The fraction of sp³-hybridized carbons (Fsp3) is 0.375. The number of aromatic carboxylic acids is 1. The normalized spacial score (nSPS) is 10.6. The van der Waals surface area contributed by atoms with Crippen LogP contribution in [0.15, 0.2) is 4.63 Å². The first-order chi connectivity index (χ1) is 7.59. The molecule has 1 N–H and O–H groups in total. The van der Waals surface area contributed by atoms with E-state index in [0.717, 1.165) is 0 Å². The number of hydrogen-bond donors (Lipinski definition) is 1. The Labute approximate surface area is 89.8 Å². The van der Waals surface area contributed by atoms with Gasteiger partial charge in [0.25, 0.3) is 0 Å². The molecule has 2 heterocycles. The molecule has 0 unspecified atom stereocenters. The van der Waals surface area contributed by atoms with Crippen molar-refractivity contribution >= 4 is 5.97 Å². The summed E-state index contributed by atoms with van der Waals surface area (Å²) in [4.78, 5) is 10.7. The molecule has 0 amide bonds. The molecule has 8 nitrogen and oxygen atoms in total. The molecule has 0 aliphatic rings. The van der Waals surface area contributed by atoms with Gasteiger partial charge in [-0.05, 0) is 13.8 Å². The highest BCUT2D eigenvalue weighted by Crippen LogP contribution is 2.08. The summed E-state index contributed by atoms with van der Waals surface area (Å²) in [5.41, 5.74) is 1.65. The topological polar surface area (TPSA) is 107 Å². The zero-order chi connectivity index (χ0) is 11.7. The molecule has 2 aromatic heterocycles. The third-order valence-electron chi connectivity index (χ3n) is 2.23. The second kappa shape index (κ2) is 3.72. The minimum Gasteiger partial charge on any atom is -0.476 e. The number of carbonyl (C=O) groups is 1. The summed E-state index contributed by atoms with van der Waals surface area (Å²) in [5.74, 6) is -1.10. The van der Waals surface area contributed by atoms with Crippen LogP contribution in [0.5, 0.6) is 0 Å². The summed E-state index contributed by atoms with van der Waals surface area (Å²) in [6, 6.07) is 0. The number of aryl methyl sites for hydroxylation is 1. The van der Waals surface area contributed by atoms with E-state index in [4.69, 9.17) is 5.11 Å². The van der Waals surface area contributed by atoms with Crippen molar-refractivity contribution in [2.45, 2.75) is 20.4 Å². The van der Waals surface area contributed by atoms with E-state index in [1.54, 1.807) is 13.8 Å². The van der Waals surface area contributed by atoms with Crippen LogP contribution in [-0.2, 0) is 6.54 Å². The summed E-state index contributed by atoms with van der Waals surface area (Å²) in [5, 5.41) is 23.4. The number of nitrogens with zero attached hydrogens (tertiary/aromatic N) is 5. The van der Waals surface area contributed by atoms with Gasteiger partial charge in [-0.1, -0.05) is 15.5 Å². The molecule has 0 saturated carbocycles. The van der Waals surface area contributed by atoms with Crippen LogP contribution in [0, 0.1) is 13.8 Å². The summed E-state index contributed by atoms with van der Waals surface area (Å²) in [7, 11) is 0. The molecule has 0 spiro atoms. The molecule has 0 bridgehead atoms. The van der Waals surface area contributed by atoms with E-state index < -0.39 is 5.97 Å². The Balaban J connectivity index is 2.29. The summed E-state index contributed by atoms with van der Waals surface area (Å²) >= 11 is 0. The van der Waals surface area contributed by atoms with Crippen LogP contribution < -0.4 is 0 Å². The molecule has 2 rings (SSSR count). The first-order valence-electron chi connectivity index (χ1n) is 4.51. The Hall–Kier alpha value is -2.25. The second-order valence-electron chi connectivity index (χ2n) is 3.28. The van der Waals surface area contributed by atoms with Crippen LogP contribution in [0.2, 0.25) is 0 Å². The number of rotatable bonds is 3. The van der Waals surface area contributed by atoms with E-state index in [-0.39, 0.29) is 5.69 Å². The quantitative estimate of drug-likeness (QED) is 0.781. The highest BCUT2D eigenvalue weighted by atomic mass is 16.6. The third-order valence-corrected chi connectivity index (χ3v) is 2.23. The fourth-order valence-electron chi connectivity index (χ4n) is 1.24. The standard InChI is InChI=1S/C8H9N5O3/c1-4-6(11-16-10-4)3-13-5(2)7(8(14)15)9-12-13/h3H2,1-2H3,(H,14,15). The lowest BCUT2D eigenvalue weighted by atomic mass is 10.3. The van der Waals surface area contributed by atoms with Gasteiger partial charge in [-0.15, -0.1) is 5.10 Å². The number of carboxylic acids is 1. The average Bonchev–Trinajstić information content (AvgIpc) is 2.76. The maximum atomic E-state index is 10.7. The minimum absolute atomic E-state index is 0.0610. The van der Waals surface area contributed by atoms with Gasteiger partial charge in [0.1, 0.15) is 11.4 Å². The largest absolute Gasteiger partial charge is 0.476 e. The highest BCUT2D eigenvalue weighted by Gasteiger charge is 2.16. The van der Waals surface area contributed by atoms with Crippen LogP contribution in [0.1, 0.15) is 27.6 Å². The maximum absolute atomic E-state index is 10.7. The molecule has 8 heteroatoms. The van der Waals surface area contributed by atoms with Gasteiger partial charge in [0.05, 0.1) is 12.2 Å². The van der Waals surface area contributed by atoms with Crippen molar-refractivity contribution in [3.05, 3.63) is 22.8 Å². The number of aromatic nitrogens is 5. The first kappa shape index (κ1) is 10.3. The molecule has 16 heavy (non-hydrogen) atoms. The Morgan fingerprint density at radius 2 is 2.19 bits per heavy atom. The molecule has 0 saturated heterocycles. The van der Waals surface area contributed by atoms with E-state index in [2.05, 4.69) is 25.3 Å². The van der Waals surface area contributed by atoms with Crippen LogP contribution in [0.25, 0.3) is 0 Å². The van der Waals surface area contributed by atoms with E-state index >= 15 is 0 Å². The van der Waals surface area contributed by atoms with Crippen molar-refractivity contribution in [3.8, 4) is 0 Å². The Morgan fingerprint density at radius 1 is 1.44 bits per heavy atom. The van der Waals surface area contributed by atoms with Crippen molar-refractivity contribution in [3.63, 3.8) is 0 Å². The molecule has 0 fully saturated rings. The van der Waals surface area contributed by atoms with Crippen molar-refractivity contribution in [2.75, 3.05) is 0 Å². The predicted octanol–water partition coefficient (Wildman–Crippen LogP) is 0.0244. The van der Waals surface area contributed by atoms with E-state index in [1.807, 2.05) is 0 Å². The van der Waals surface area contributed by atoms with Crippen LogP contribution in [0.4, 0.5) is 0 Å². The van der Waals surface area contributed by atoms with Gasteiger partial charge in [0.15, 0.2) is 5.69 Å². The Bertz CT molecular complexity index is 530. The Kier molecular flexibility index (Phi) is 2.39. The van der Waals surface area contributed by atoms with Gasteiger partial charge >= 0.3 is 5.97 Å². The molecule has 0 aliphatic carbocycles. The zero-order valence-corrected chi connectivity index (χ0v) is 8.71. The van der Waals surface area contributed by atoms with Gasteiger partial charge in [-0.25, -0.2) is 14.1 Å². The molecule has 0 radical (unpaired) electrons. The van der Waals surface area contributed by atoms with Crippen molar-refractivity contribution in [1.29, 1.82) is 0 Å². The van der Waals surface area contributed by atoms with Gasteiger partial charge in [0, 0.05) is 0 Å². The second-order valence-corrected chi connectivity index (χ2v) is 3.28. The molecule has 0 aliphatic heterocycles.